The van der Waals surface area contributed by atoms with Gasteiger partial charge in [0, 0.05) is 6.54 Å². The predicted molar refractivity (Wildman–Crippen MR) is 111 cm³/mol. The molecule has 0 aliphatic rings. The molecule has 28 heavy (non-hydrogen) atoms. The number of ether oxygens (including phenoxy) is 1. The highest BCUT2D eigenvalue weighted by Gasteiger charge is 2.15. The van der Waals surface area contributed by atoms with Crippen LogP contribution < -0.4 is 5.32 Å². The first-order valence-electron chi connectivity index (χ1n) is 8.60. The minimum Gasteiger partial charge on any atom is -0.450 e. The van der Waals surface area contributed by atoms with Gasteiger partial charge in [-0.25, -0.2) is 9.78 Å². The van der Waals surface area contributed by atoms with E-state index in [1.807, 2.05) is 29.7 Å². The van der Waals surface area contributed by atoms with Crippen molar-refractivity contribution in [2.45, 2.75) is 35.6 Å². The summed E-state index contributed by atoms with van der Waals surface area (Å²) >= 11 is 4.50. The highest BCUT2D eigenvalue weighted by atomic mass is 32.2. The van der Waals surface area contributed by atoms with E-state index in [1.54, 1.807) is 30.0 Å². The third kappa shape index (κ3) is 5.24. The van der Waals surface area contributed by atoms with Gasteiger partial charge in [0.05, 0.1) is 28.3 Å². The molecule has 8 nitrogen and oxygen atoms in total. The molecule has 11 heteroatoms. The average molecular weight is 438 g/mol. The monoisotopic (exact) mass is 437 g/mol. The van der Waals surface area contributed by atoms with Crippen LogP contribution in [0.1, 0.15) is 19.7 Å². The van der Waals surface area contributed by atoms with Gasteiger partial charge in [0.2, 0.25) is 5.91 Å². The van der Waals surface area contributed by atoms with Crippen LogP contribution in [0.25, 0.3) is 10.2 Å². The largest absolute Gasteiger partial charge is 0.450 e. The molecule has 2 aromatic heterocycles. The van der Waals surface area contributed by atoms with Crippen molar-refractivity contribution in [2.75, 3.05) is 12.4 Å². The first-order chi connectivity index (χ1) is 13.6. The molecule has 148 valence electrons. The second-order valence-corrected chi connectivity index (χ2v) is 8.63. The molecule has 1 N–H and O–H groups in total. The summed E-state index contributed by atoms with van der Waals surface area (Å²) in [6.45, 7) is 4.57. The number of aromatic nitrogens is 4. The fourth-order valence-electron chi connectivity index (χ4n) is 2.34. The lowest BCUT2D eigenvalue weighted by Gasteiger charge is -2.07. The average Bonchev–Trinajstić information content (AvgIpc) is 3.27. The van der Waals surface area contributed by atoms with E-state index < -0.39 is 12.0 Å². The number of hydrogen-bond donors (Lipinski definition) is 1. The number of nitrogens with zero attached hydrogens (tertiary/aromatic N) is 4. The molecule has 0 spiro atoms. The van der Waals surface area contributed by atoms with E-state index in [0.29, 0.717) is 17.5 Å². The van der Waals surface area contributed by atoms with Gasteiger partial charge in [-0.15, -0.1) is 21.5 Å². The minimum atomic E-state index is -0.738. The van der Waals surface area contributed by atoms with Crippen molar-refractivity contribution in [1.29, 1.82) is 0 Å². The topological polar surface area (TPSA) is 99.0 Å². The maximum atomic E-state index is 11.8. The standard InChI is InChI=1S/C17H19N5O3S3/c1-3-22-13(9-27-17-18-11-7-5-6-8-12(11)28-17)20-21-15(22)26-10-14(23)19-16(24)25-4-2/h5-8H,3-4,9-10H2,1-2H3,(H,19,23,24). The van der Waals surface area contributed by atoms with Gasteiger partial charge in [0.25, 0.3) is 0 Å². The highest BCUT2D eigenvalue weighted by Crippen LogP contribution is 2.31. The Balaban J connectivity index is 1.58. The smallest absolute Gasteiger partial charge is 0.413 e. The quantitative estimate of drug-likeness (QED) is 0.534. The van der Waals surface area contributed by atoms with E-state index >= 15 is 0 Å². The van der Waals surface area contributed by atoms with Crippen molar-refractivity contribution in [1.82, 2.24) is 25.1 Å². The van der Waals surface area contributed by atoms with Gasteiger partial charge >= 0.3 is 6.09 Å². The van der Waals surface area contributed by atoms with Gasteiger partial charge in [-0.05, 0) is 26.0 Å². The number of rotatable bonds is 8. The number of alkyl carbamates (subject to hydrolysis) is 1. The molecule has 0 saturated carbocycles. The van der Waals surface area contributed by atoms with Gasteiger partial charge in [-0.2, -0.15) is 0 Å². The van der Waals surface area contributed by atoms with E-state index in [1.165, 1.54) is 11.8 Å². The number of imide groups is 1. The molecule has 3 aromatic rings. The number of thioether (sulfide) groups is 2. The number of nitrogens with one attached hydrogen (secondary N) is 1. The number of para-hydroxylation sites is 1. The summed E-state index contributed by atoms with van der Waals surface area (Å²) in [6.07, 6.45) is -0.738. The van der Waals surface area contributed by atoms with Crippen LogP contribution in [-0.2, 0) is 21.8 Å². The minimum absolute atomic E-state index is 0.0575. The summed E-state index contributed by atoms with van der Waals surface area (Å²) in [5.74, 6) is 1.08. The second-order valence-electron chi connectivity index (χ2n) is 5.44. The van der Waals surface area contributed by atoms with Crippen LogP contribution in [-0.4, -0.2) is 44.1 Å². The normalized spacial score (nSPS) is 10.9. The SMILES string of the molecule is CCOC(=O)NC(=O)CSc1nnc(CSc2nc3ccccc3s2)n1CC. The molecular formula is C17H19N5O3S3. The molecule has 3 rings (SSSR count). The summed E-state index contributed by atoms with van der Waals surface area (Å²) in [6, 6.07) is 8.04. The second kappa shape index (κ2) is 9.89. The van der Waals surface area contributed by atoms with Gasteiger partial charge in [0.1, 0.15) is 5.82 Å². The van der Waals surface area contributed by atoms with E-state index in [9.17, 15) is 9.59 Å². The fraction of sp³-hybridized carbons (Fsp3) is 0.353. The zero-order valence-electron chi connectivity index (χ0n) is 15.4. The molecule has 1 aromatic carbocycles. The Morgan fingerprint density at radius 3 is 2.79 bits per heavy atom. The number of amides is 2. The summed E-state index contributed by atoms with van der Waals surface area (Å²) < 4.78 is 8.79. The Kier molecular flexibility index (Phi) is 7.29. The van der Waals surface area contributed by atoms with E-state index in [-0.39, 0.29) is 12.4 Å². The molecular weight excluding hydrogens is 418 g/mol. The Hall–Kier alpha value is -2.11. The van der Waals surface area contributed by atoms with Crippen molar-refractivity contribution in [3.63, 3.8) is 0 Å². The van der Waals surface area contributed by atoms with Crippen LogP contribution in [0.3, 0.4) is 0 Å². The lowest BCUT2D eigenvalue weighted by molar-refractivity contribution is -0.117. The molecule has 0 saturated heterocycles. The van der Waals surface area contributed by atoms with E-state index in [4.69, 9.17) is 0 Å². The summed E-state index contributed by atoms with van der Waals surface area (Å²) in [5, 5.41) is 11.2. The maximum Gasteiger partial charge on any atom is 0.413 e. The fourth-order valence-corrected chi connectivity index (χ4v) is 5.17. The molecule has 0 bridgehead atoms. The van der Waals surface area contributed by atoms with Crippen LogP contribution in [0.5, 0.6) is 0 Å². The predicted octanol–water partition coefficient (Wildman–Crippen LogP) is 3.56. The lowest BCUT2D eigenvalue weighted by atomic mass is 10.3. The Morgan fingerprint density at radius 2 is 2.04 bits per heavy atom. The Bertz CT molecular complexity index is 939. The van der Waals surface area contributed by atoms with Gasteiger partial charge < -0.3 is 9.30 Å². The van der Waals surface area contributed by atoms with Crippen LogP contribution in [0, 0.1) is 0 Å². The van der Waals surface area contributed by atoms with Gasteiger partial charge in [-0.3, -0.25) is 10.1 Å². The first kappa shape index (κ1) is 20.6. The van der Waals surface area contributed by atoms with Gasteiger partial charge in [-0.1, -0.05) is 35.7 Å². The summed E-state index contributed by atoms with van der Waals surface area (Å²) in [7, 11) is 0. The van der Waals surface area contributed by atoms with E-state index in [2.05, 4.69) is 31.3 Å². The molecule has 0 fully saturated rings. The zero-order chi connectivity index (χ0) is 19.9. The maximum absolute atomic E-state index is 11.8. The van der Waals surface area contributed by atoms with Crippen molar-refractivity contribution in [3.8, 4) is 0 Å². The Labute approximate surface area is 174 Å². The molecule has 0 radical (unpaired) electrons. The first-order valence-corrected chi connectivity index (χ1v) is 11.4. The summed E-state index contributed by atoms with van der Waals surface area (Å²) in [5.41, 5.74) is 0.996. The zero-order valence-corrected chi connectivity index (χ0v) is 17.8. The van der Waals surface area contributed by atoms with Crippen molar-refractivity contribution >= 4 is 57.1 Å². The number of fused-ring (bicyclic) bond motifs is 1. The molecule has 0 unspecified atom stereocenters. The molecule has 2 amide bonds. The number of thiazole rings is 1. The molecule has 0 aliphatic heterocycles. The number of carbonyl (C=O) groups excluding carboxylic acids is 2. The number of carbonyl (C=O) groups is 2. The van der Waals surface area contributed by atoms with Crippen LogP contribution in [0.15, 0.2) is 33.8 Å². The number of hydrogen-bond acceptors (Lipinski definition) is 9. The van der Waals surface area contributed by atoms with Crippen molar-refractivity contribution < 1.29 is 14.3 Å². The third-order valence-electron chi connectivity index (χ3n) is 3.56. The van der Waals surface area contributed by atoms with Gasteiger partial charge in [0.15, 0.2) is 9.50 Å². The molecule has 0 atom stereocenters. The third-order valence-corrected chi connectivity index (χ3v) is 6.70. The van der Waals surface area contributed by atoms with Crippen molar-refractivity contribution in [2.24, 2.45) is 0 Å². The lowest BCUT2D eigenvalue weighted by Crippen LogP contribution is -2.32. The Morgan fingerprint density at radius 1 is 1.21 bits per heavy atom. The molecule has 0 aliphatic carbocycles. The van der Waals surface area contributed by atoms with Crippen LogP contribution in [0.2, 0.25) is 0 Å². The molecule has 2 heterocycles. The van der Waals surface area contributed by atoms with Crippen LogP contribution in [0.4, 0.5) is 4.79 Å². The van der Waals surface area contributed by atoms with Crippen molar-refractivity contribution in [3.05, 3.63) is 30.1 Å². The number of benzene rings is 1. The summed E-state index contributed by atoms with van der Waals surface area (Å²) in [4.78, 5) is 27.7. The van der Waals surface area contributed by atoms with Crippen LogP contribution >= 0.6 is 34.9 Å². The van der Waals surface area contributed by atoms with E-state index in [0.717, 1.165) is 20.4 Å². The highest BCUT2D eigenvalue weighted by molar-refractivity contribution is 8.00.